The molecular weight excluding hydrogens is 198 g/mol. The summed E-state index contributed by atoms with van der Waals surface area (Å²) in [4.78, 5) is 0. The van der Waals surface area contributed by atoms with Gasteiger partial charge >= 0.3 is 0 Å². The van der Waals surface area contributed by atoms with Crippen LogP contribution in [0.4, 0.5) is 5.69 Å². The van der Waals surface area contributed by atoms with Crippen LogP contribution in [0.1, 0.15) is 30.0 Å². The third-order valence-electron chi connectivity index (χ3n) is 3.28. The summed E-state index contributed by atoms with van der Waals surface area (Å²) in [7, 11) is 0. The fraction of sp³-hybridized carbons (Fsp3) is 0.308. The average Bonchev–Trinajstić information content (AvgIpc) is 2.75. The number of nitrogens with two attached hydrogens (primary N) is 1. The van der Waals surface area contributed by atoms with Gasteiger partial charge in [0, 0.05) is 6.20 Å². The van der Waals surface area contributed by atoms with E-state index in [1.807, 2.05) is 10.9 Å². The third kappa shape index (κ3) is 1.48. The number of fused-ring (bicyclic) bond motifs is 1. The Bertz CT molecular complexity index is 501. The van der Waals surface area contributed by atoms with Gasteiger partial charge in [0.2, 0.25) is 0 Å². The Balaban J connectivity index is 2.04. The predicted molar refractivity (Wildman–Crippen MR) is 64.2 cm³/mol. The fourth-order valence-electron chi connectivity index (χ4n) is 2.53. The van der Waals surface area contributed by atoms with Crippen LogP contribution in [-0.2, 0) is 6.42 Å². The Morgan fingerprint density at radius 1 is 1.31 bits per heavy atom. The summed E-state index contributed by atoms with van der Waals surface area (Å²) in [5.41, 5.74) is 9.31. The molecule has 0 fully saturated rings. The summed E-state index contributed by atoms with van der Waals surface area (Å²) < 4.78 is 1.99. The molecular formula is C13H15N3. The summed E-state index contributed by atoms with van der Waals surface area (Å²) in [6.45, 7) is 0. The van der Waals surface area contributed by atoms with Crippen LogP contribution in [0.3, 0.4) is 0 Å². The van der Waals surface area contributed by atoms with E-state index in [0.717, 1.165) is 12.1 Å². The van der Waals surface area contributed by atoms with E-state index in [-0.39, 0.29) is 0 Å². The topological polar surface area (TPSA) is 43.8 Å². The second-order valence-electron chi connectivity index (χ2n) is 4.36. The van der Waals surface area contributed by atoms with Gasteiger partial charge in [-0.2, -0.15) is 5.10 Å². The first kappa shape index (κ1) is 9.46. The first-order valence-corrected chi connectivity index (χ1v) is 5.72. The van der Waals surface area contributed by atoms with E-state index >= 15 is 0 Å². The molecule has 0 radical (unpaired) electrons. The lowest BCUT2D eigenvalue weighted by Crippen LogP contribution is -2.17. The minimum absolute atomic E-state index is 0.363. The van der Waals surface area contributed by atoms with E-state index < -0.39 is 0 Å². The molecule has 2 aromatic rings. The quantitative estimate of drug-likeness (QED) is 0.790. The molecule has 1 unspecified atom stereocenters. The van der Waals surface area contributed by atoms with Gasteiger partial charge in [-0.25, -0.2) is 0 Å². The molecule has 0 bridgehead atoms. The minimum Gasteiger partial charge on any atom is -0.396 e. The van der Waals surface area contributed by atoms with Gasteiger partial charge in [0.25, 0.3) is 0 Å². The molecule has 1 atom stereocenters. The monoisotopic (exact) mass is 213 g/mol. The minimum atomic E-state index is 0.363. The van der Waals surface area contributed by atoms with Crippen molar-refractivity contribution in [2.45, 2.75) is 25.3 Å². The van der Waals surface area contributed by atoms with E-state index in [1.54, 1.807) is 6.20 Å². The van der Waals surface area contributed by atoms with Crippen molar-refractivity contribution in [2.75, 3.05) is 5.73 Å². The summed E-state index contributed by atoms with van der Waals surface area (Å²) in [6, 6.07) is 9.00. The van der Waals surface area contributed by atoms with Gasteiger partial charge in [-0.05, 0) is 30.4 Å². The maximum atomic E-state index is 5.72. The molecule has 1 heterocycles. The molecule has 1 aliphatic rings. The molecule has 82 valence electrons. The van der Waals surface area contributed by atoms with Gasteiger partial charge in [-0.3, -0.25) is 4.68 Å². The second kappa shape index (κ2) is 3.67. The van der Waals surface area contributed by atoms with Gasteiger partial charge in [0.05, 0.1) is 17.9 Å². The molecule has 0 amide bonds. The van der Waals surface area contributed by atoms with E-state index in [1.165, 1.54) is 24.0 Å². The van der Waals surface area contributed by atoms with Crippen LogP contribution in [0, 0.1) is 0 Å². The summed E-state index contributed by atoms with van der Waals surface area (Å²) >= 11 is 0. The van der Waals surface area contributed by atoms with Crippen molar-refractivity contribution in [3.8, 4) is 0 Å². The Labute approximate surface area is 94.9 Å². The Kier molecular flexibility index (Phi) is 2.17. The number of benzene rings is 1. The standard InChI is InChI=1S/C13H15N3/c14-11-8-15-16(9-11)13-7-3-5-10-4-1-2-6-12(10)13/h1-2,4,6,8-9,13H,3,5,7,14H2. The Hall–Kier alpha value is -1.77. The van der Waals surface area contributed by atoms with Gasteiger partial charge in [-0.15, -0.1) is 0 Å². The molecule has 1 aliphatic carbocycles. The molecule has 0 aliphatic heterocycles. The maximum Gasteiger partial charge on any atom is 0.0772 e. The molecule has 1 aromatic heterocycles. The summed E-state index contributed by atoms with van der Waals surface area (Å²) in [5.74, 6) is 0. The Morgan fingerprint density at radius 3 is 3.00 bits per heavy atom. The van der Waals surface area contributed by atoms with Crippen molar-refractivity contribution in [1.82, 2.24) is 9.78 Å². The molecule has 0 saturated carbocycles. The smallest absolute Gasteiger partial charge is 0.0772 e. The van der Waals surface area contributed by atoms with Crippen LogP contribution in [0.2, 0.25) is 0 Å². The number of aryl methyl sites for hydroxylation is 1. The van der Waals surface area contributed by atoms with Crippen LogP contribution in [-0.4, -0.2) is 9.78 Å². The van der Waals surface area contributed by atoms with Crippen molar-refractivity contribution in [1.29, 1.82) is 0 Å². The van der Waals surface area contributed by atoms with E-state index in [9.17, 15) is 0 Å². The maximum absolute atomic E-state index is 5.72. The third-order valence-corrected chi connectivity index (χ3v) is 3.28. The van der Waals surface area contributed by atoms with Crippen LogP contribution in [0.15, 0.2) is 36.7 Å². The number of rotatable bonds is 1. The van der Waals surface area contributed by atoms with Crippen LogP contribution in [0.25, 0.3) is 0 Å². The molecule has 1 aromatic carbocycles. The summed E-state index contributed by atoms with van der Waals surface area (Å²) in [6.07, 6.45) is 7.20. The predicted octanol–water partition coefficient (Wildman–Crippen LogP) is 2.39. The van der Waals surface area contributed by atoms with Crippen LogP contribution < -0.4 is 5.73 Å². The van der Waals surface area contributed by atoms with Crippen LogP contribution in [0.5, 0.6) is 0 Å². The van der Waals surface area contributed by atoms with Crippen molar-refractivity contribution >= 4 is 5.69 Å². The molecule has 16 heavy (non-hydrogen) atoms. The van der Waals surface area contributed by atoms with E-state index in [0.29, 0.717) is 6.04 Å². The van der Waals surface area contributed by atoms with Gasteiger partial charge in [0.15, 0.2) is 0 Å². The molecule has 0 saturated heterocycles. The molecule has 0 spiro atoms. The Morgan fingerprint density at radius 2 is 2.19 bits per heavy atom. The van der Waals surface area contributed by atoms with E-state index in [4.69, 9.17) is 5.73 Å². The molecule has 2 N–H and O–H groups in total. The van der Waals surface area contributed by atoms with Gasteiger partial charge in [0.1, 0.15) is 0 Å². The van der Waals surface area contributed by atoms with Gasteiger partial charge in [-0.1, -0.05) is 24.3 Å². The number of aromatic nitrogens is 2. The highest BCUT2D eigenvalue weighted by atomic mass is 15.3. The molecule has 3 nitrogen and oxygen atoms in total. The van der Waals surface area contributed by atoms with Crippen molar-refractivity contribution in [3.63, 3.8) is 0 Å². The average molecular weight is 213 g/mol. The second-order valence-corrected chi connectivity index (χ2v) is 4.36. The molecule has 3 heteroatoms. The van der Waals surface area contributed by atoms with Crippen LogP contribution >= 0.6 is 0 Å². The SMILES string of the molecule is Nc1cnn(C2CCCc3ccccc32)c1. The largest absolute Gasteiger partial charge is 0.396 e. The highest BCUT2D eigenvalue weighted by molar-refractivity contribution is 5.35. The number of nitrogen functional groups attached to an aromatic ring is 1. The van der Waals surface area contributed by atoms with Crippen molar-refractivity contribution in [3.05, 3.63) is 47.8 Å². The van der Waals surface area contributed by atoms with Crippen molar-refractivity contribution < 1.29 is 0 Å². The zero-order valence-corrected chi connectivity index (χ0v) is 9.13. The van der Waals surface area contributed by atoms with Gasteiger partial charge < -0.3 is 5.73 Å². The highest BCUT2D eigenvalue weighted by Crippen LogP contribution is 2.32. The number of nitrogens with zero attached hydrogens (tertiary/aromatic N) is 2. The molecule has 3 rings (SSSR count). The van der Waals surface area contributed by atoms with E-state index in [2.05, 4.69) is 29.4 Å². The lowest BCUT2D eigenvalue weighted by Gasteiger charge is -2.25. The lowest BCUT2D eigenvalue weighted by molar-refractivity contribution is 0.451. The number of hydrogen-bond donors (Lipinski definition) is 1. The lowest BCUT2D eigenvalue weighted by atomic mass is 9.88. The number of hydrogen-bond acceptors (Lipinski definition) is 2. The number of anilines is 1. The first-order chi connectivity index (χ1) is 7.84. The van der Waals surface area contributed by atoms with Crippen molar-refractivity contribution in [2.24, 2.45) is 0 Å². The zero-order valence-electron chi connectivity index (χ0n) is 9.13. The zero-order chi connectivity index (χ0) is 11.0. The first-order valence-electron chi connectivity index (χ1n) is 5.72. The normalized spacial score (nSPS) is 19.4. The summed E-state index contributed by atoms with van der Waals surface area (Å²) in [5, 5.41) is 4.33. The highest BCUT2D eigenvalue weighted by Gasteiger charge is 2.21. The fourth-order valence-corrected chi connectivity index (χ4v) is 2.53.